The molecule has 28 heavy (non-hydrogen) atoms. The van der Waals surface area contributed by atoms with E-state index in [9.17, 15) is 4.79 Å². The number of rotatable bonds is 4. The predicted molar refractivity (Wildman–Crippen MR) is 106 cm³/mol. The van der Waals surface area contributed by atoms with E-state index in [0.717, 1.165) is 43.5 Å². The SMILES string of the molecule is O=C(OCc1ccccc1)N1CCC=C(c2ccn(C3CCCCO3)n2)CC1. The summed E-state index contributed by atoms with van der Waals surface area (Å²) in [7, 11) is 0. The fourth-order valence-corrected chi connectivity index (χ4v) is 3.69. The average Bonchev–Trinajstić information content (AvgIpc) is 3.11. The molecule has 0 spiro atoms. The fraction of sp³-hybridized carbons (Fsp3) is 0.455. The first kappa shape index (κ1) is 18.7. The first-order valence-corrected chi connectivity index (χ1v) is 10.1. The first-order valence-electron chi connectivity index (χ1n) is 10.1. The van der Waals surface area contributed by atoms with Gasteiger partial charge in [-0.25, -0.2) is 9.48 Å². The van der Waals surface area contributed by atoms with Crippen molar-refractivity contribution in [1.29, 1.82) is 0 Å². The molecular weight excluding hydrogens is 354 g/mol. The van der Waals surface area contributed by atoms with E-state index in [1.807, 2.05) is 47.3 Å². The second kappa shape index (κ2) is 9.06. The Kier molecular flexibility index (Phi) is 6.07. The largest absolute Gasteiger partial charge is 0.445 e. The molecule has 6 nitrogen and oxygen atoms in total. The summed E-state index contributed by atoms with van der Waals surface area (Å²) >= 11 is 0. The molecule has 6 heteroatoms. The third-order valence-corrected chi connectivity index (χ3v) is 5.29. The second-order valence-corrected chi connectivity index (χ2v) is 7.30. The van der Waals surface area contributed by atoms with Gasteiger partial charge in [0.25, 0.3) is 0 Å². The summed E-state index contributed by atoms with van der Waals surface area (Å²) in [5.74, 6) is 0. The molecule has 0 saturated carbocycles. The minimum absolute atomic E-state index is 0.0540. The van der Waals surface area contributed by atoms with Crippen LogP contribution in [0.3, 0.4) is 0 Å². The maximum atomic E-state index is 12.4. The Bertz CT molecular complexity index is 809. The minimum Gasteiger partial charge on any atom is -0.445 e. The molecule has 0 bridgehead atoms. The van der Waals surface area contributed by atoms with Crippen molar-refractivity contribution < 1.29 is 14.3 Å². The number of carbonyl (C=O) groups is 1. The molecule has 2 aromatic rings. The summed E-state index contributed by atoms with van der Waals surface area (Å²) in [6.45, 7) is 2.43. The van der Waals surface area contributed by atoms with Gasteiger partial charge in [-0.05, 0) is 49.3 Å². The Labute approximate surface area is 165 Å². The van der Waals surface area contributed by atoms with E-state index in [2.05, 4.69) is 6.08 Å². The van der Waals surface area contributed by atoms with Crippen LogP contribution in [0.25, 0.3) is 5.57 Å². The van der Waals surface area contributed by atoms with Crippen LogP contribution in [-0.4, -0.2) is 40.5 Å². The van der Waals surface area contributed by atoms with E-state index in [0.29, 0.717) is 19.7 Å². The van der Waals surface area contributed by atoms with Gasteiger partial charge in [0.15, 0.2) is 0 Å². The molecule has 0 radical (unpaired) electrons. The van der Waals surface area contributed by atoms with Crippen molar-refractivity contribution in [1.82, 2.24) is 14.7 Å². The third-order valence-electron chi connectivity index (χ3n) is 5.29. The molecule has 2 aliphatic rings. The van der Waals surface area contributed by atoms with Crippen LogP contribution in [0.5, 0.6) is 0 Å². The van der Waals surface area contributed by atoms with Gasteiger partial charge in [-0.15, -0.1) is 0 Å². The smallest absolute Gasteiger partial charge is 0.410 e. The van der Waals surface area contributed by atoms with Crippen LogP contribution in [-0.2, 0) is 16.1 Å². The van der Waals surface area contributed by atoms with E-state index < -0.39 is 0 Å². The summed E-state index contributed by atoms with van der Waals surface area (Å²) < 4.78 is 13.2. The monoisotopic (exact) mass is 381 g/mol. The highest BCUT2D eigenvalue weighted by molar-refractivity contribution is 5.69. The third kappa shape index (κ3) is 4.62. The maximum Gasteiger partial charge on any atom is 0.410 e. The molecule has 4 rings (SSSR count). The topological polar surface area (TPSA) is 56.6 Å². The zero-order valence-corrected chi connectivity index (χ0v) is 16.1. The van der Waals surface area contributed by atoms with Crippen LogP contribution in [0.2, 0.25) is 0 Å². The first-order chi connectivity index (χ1) is 13.8. The number of benzene rings is 1. The number of aromatic nitrogens is 2. The van der Waals surface area contributed by atoms with Gasteiger partial charge in [-0.1, -0.05) is 36.4 Å². The number of nitrogens with zero attached hydrogens (tertiary/aromatic N) is 3. The minimum atomic E-state index is -0.250. The predicted octanol–water partition coefficient (Wildman–Crippen LogP) is 4.40. The number of hydrogen-bond acceptors (Lipinski definition) is 4. The van der Waals surface area contributed by atoms with E-state index in [-0.39, 0.29) is 12.3 Å². The quantitative estimate of drug-likeness (QED) is 0.788. The number of ether oxygens (including phenoxy) is 2. The van der Waals surface area contributed by atoms with Gasteiger partial charge in [-0.3, -0.25) is 0 Å². The molecule has 1 aromatic carbocycles. The Morgan fingerprint density at radius 3 is 2.89 bits per heavy atom. The van der Waals surface area contributed by atoms with Crippen LogP contribution < -0.4 is 0 Å². The van der Waals surface area contributed by atoms with Crippen LogP contribution in [0, 0.1) is 0 Å². The zero-order valence-electron chi connectivity index (χ0n) is 16.1. The van der Waals surface area contributed by atoms with Crippen molar-refractivity contribution in [2.75, 3.05) is 19.7 Å². The van der Waals surface area contributed by atoms with E-state index in [4.69, 9.17) is 14.6 Å². The molecule has 0 aliphatic carbocycles. The van der Waals surface area contributed by atoms with Crippen molar-refractivity contribution in [2.24, 2.45) is 0 Å². The molecule has 1 unspecified atom stereocenters. The number of carbonyl (C=O) groups excluding carboxylic acids is 1. The van der Waals surface area contributed by atoms with Gasteiger partial charge >= 0.3 is 6.09 Å². The summed E-state index contributed by atoms with van der Waals surface area (Å²) in [6, 6.07) is 11.8. The fourth-order valence-electron chi connectivity index (χ4n) is 3.69. The van der Waals surface area contributed by atoms with Gasteiger partial charge in [0, 0.05) is 25.9 Å². The highest BCUT2D eigenvalue weighted by atomic mass is 16.6. The molecule has 3 heterocycles. The lowest BCUT2D eigenvalue weighted by Crippen LogP contribution is -2.32. The molecule has 1 saturated heterocycles. The molecule has 0 N–H and O–H groups in total. The lowest BCUT2D eigenvalue weighted by Gasteiger charge is -2.22. The van der Waals surface area contributed by atoms with E-state index in [1.165, 1.54) is 12.0 Å². The van der Waals surface area contributed by atoms with Crippen LogP contribution in [0.15, 0.2) is 48.7 Å². The van der Waals surface area contributed by atoms with Gasteiger partial charge in [0.1, 0.15) is 12.8 Å². The Balaban J connectivity index is 1.31. The lowest BCUT2D eigenvalue weighted by molar-refractivity contribution is -0.0395. The molecule has 1 amide bonds. The summed E-state index contributed by atoms with van der Waals surface area (Å²) in [5.41, 5.74) is 3.17. The summed E-state index contributed by atoms with van der Waals surface area (Å²) in [5, 5.41) is 4.73. The molecule has 2 aliphatic heterocycles. The highest BCUT2D eigenvalue weighted by Crippen LogP contribution is 2.25. The standard InChI is InChI=1S/C22H27N3O3/c26-22(28-17-18-7-2-1-3-8-18)24-13-6-9-19(11-14-24)20-12-15-25(23-20)21-10-4-5-16-27-21/h1-3,7-9,12,15,21H,4-6,10-11,13-14,16-17H2. The molecular formula is C22H27N3O3. The van der Waals surface area contributed by atoms with E-state index in [1.54, 1.807) is 4.90 Å². The summed E-state index contributed by atoms with van der Waals surface area (Å²) in [6.07, 6.45) is 8.92. The van der Waals surface area contributed by atoms with Gasteiger partial charge in [0.05, 0.1) is 5.69 Å². The molecule has 1 atom stereocenters. The van der Waals surface area contributed by atoms with Crippen molar-refractivity contribution in [3.63, 3.8) is 0 Å². The van der Waals surface area contributed by atoms with Crippen molar-refractivity contribution in [2.45, 2.75) is 44.9 Å². The van der Waals surface area contributed by atoms with Crippen LogP contribution in [0.4, 0.5) is 4.79 Å². The van der Waals surface area contributed by atoms with Crippen molar-refractivity contribution in [3.8, 4) is 0 Å². The average molecular weight is 381 g/mol. The normalized spacial score (nSPS) is 20.4. The van der Waals surface area contributed by atoms with Gasteiger partial charge in [-0.2, -0.15) is 5.10 Å². The molecule has 148 valence electrons. The van der Waals surface area contributed by atoms with Gasteiger partial charge in [0.2, 0.25) is 0 Å². The summed E-state index contributed by atoms with van der Waals surface area (Å²) in [4.78, 5) is 14.2. The second-order valence-electron chi connectivity index (χ2n) is 7.30. The lowest BCUT2D eigenvalue weighted by atomic mass is 10.1. The Hall–Kier alpha value is -2.60. The Morgan fingerprint density at radius 2 is 2.07 bits per heavy atom. The van der Waals surface area contributed by atoms with Crippen LogP contribution >= 0.6 is 0 Å². The number of amides is 1. The Morgan fingerprint density at radius 1 is 1.18 bits per heavy atom. The zero-order chi connectivity index (χ0) is 19.2. The van der Waals surface area contributed by atoms with Crippen LogP contribution in [0.1, 0.15) is 49.6 Å². The van der Waals surface area contributed by atoms with Crippen molar-refractivity contribution in [3.05, 3.63) is 59.9 Å². The maximum absolute atomic E-state index is 12.4. The van der Waals surface area contributed by atoms with Gasteiger partial charge < -0.3 is 14.4 Å². The highest BCUT2D eigenvalue weighted by Gasteiger charge is 2.21. The van der Waals surface area contributed by atoms with Crippen molar-refractivity contribution >= 4 is 11.7 Å². The molecule has 1 fully saturated rings. The number of hydrogen-bond donors (Lipinski definition) is 0. The van der Waals surface area contributed by atoms with E-state index >= 15 is 0 Å². The molecule has 1 aromatic heterocycles.